The number of nitrogens with two attached hydrogens (primary N) is 1. The summed E-state index contributed by atoms with van der Waals surface area (Å²) in [6.45, 7) is 1.81. The van der Waals surface area contributed by atoms with E-state index in [9.17, 15) is 19.7 Å². The minimum atomic E-state index is -0.719. The quantitative estimate of drug-likeness (QED) is 0.372. The molecule has 1 rings (SSSR count). The lowest BCUT2D eigenvalue weighted by Gasteiger charge is -2.03. The van der Waals surface area contributed by atoms with E-state index >= 15 is 0 Å². The van der Waals surface area contributed by atoms with Crippen LogP contribution in [0, 0.1) is 10.1 Å². The normalized spacial score (nSPS) is 10.4. The van der Waals surface area contributed by atoms with Gasteiger partial charge in [-0.3, -0.25) is 14.9 Å². The van der Waals surface area contributed by atoms with Crippen LogP contribution in [0.15, 0.2) is 24.3 Å². The molecule has 0 radical (unpaired) electrons. The van der Waals surface area contributed by atoms with E-state index in [2.05, 4.69) is 0 Å². The molecule has 19 heavy (non-hydrogen) atoms. The summed E-state index contributed by atoms with van der Waals surface area (Å²) in [7, 11) is 0. The molecule has 0 aromatic heterocycles. The molecule has 0 fully saturated rings. The number of primary amides is 1. The SMILES string of the molecule is CCOC(=O)c1ccc(C=CC(N)=O)c([N+](=O)[O-])c1. The molecule has 2 N–H and O–H groups in total. The van der Waals surface area contributed by atoms with Crippen LogP contribution in [0.1, 0.15) is 22.8 Å². The van der Waals surface area contributed by atoms with Crippen LogP contribution < -0.4 is 5.73 Å². The van der Waals surface area contributed by atoms with Crippen molar-refractivity contribution >= 4 is 23.6 Å². The van der Waals surface area contributed by atoms with E-state index in [1.54, 1.807) is 6.92 Å². The molecule has 0 saturated carbocycles. The molecule has 7 heteroatoms. The van der Waals surface area contributed by atoms with Crippen LogP contribution in [0.5, 0.6) is 0 Å². The molecule has 0 heterocycles. The maximum atomic E-state index is 11.5. The monoisotopic (exact) mass is 264 g/mol. The number of esters is 1. The highest BCUT2D eigenvalue weighted by Crippen LogP contribution is 2.22. The summed E-state index contributed by atoms with van der Waals surface area (Å²) in [5.74, 6) is -1.36. The average Bonchev–Trinajstić information content (AvgIpc) is 2.36. The number of amides is 1. The van der Waals surface area contributed by atoms with Crippen LogP contribution in [-0.2, 0) is 9.53 Å². The molecule has 0 aliphatic carbocycles. The van der Waals surface area contributed by atoms with E-state index < -0.39 is 16.8 Å². The molecule has 1 amide bonds. The van der Waals surface area contributed by atoms with Crippen molar-refractivity contribution in [2.24, 2.45) is 5.73 Å². The van der Waals surface area contributed by atoms with Gasteiger partial charge in [0, 0.05) is 12.1 Å². The first-order chi connectivity index (χ1) is 8.95. The summed E-state index contributed by atoms with van der Waals surface area (Å²) < 4.78 is 4.75. The van der Waals surface area contributed by atoms with Crippen LogP contribution in [0.3, 0.4) is 0 Å². The number of nitrogens with zero attached hydrogens (tertiary/aromatic N) is 1. The van der Waals surface area contributed by atoms with Gasteiger partial charge in [-0.25, -0.2) is 4.79 Å². The zero-order valence-electron chi connectivity index (χ0n) is 10.2. The van der Waals surface area contributed by atoms with E-state index in [1.165, 1.54) is 18.2 Å². The minimum absolute atomic E-state index is 0.0739. The van der Waals surface area contributed by atoms with E-state index in [1.807, 2.05) is 0 Å². The number of hydrogen-bond donors (Lipinski definition) is 1. The van der Waals surface area contributed by atoms with E-state index in [4.69, 9.17) is 10.5 Å². The molecule has 0 saturated heterocycles. The highest BCUT2D eigenvalue weighted by atomic mass is 16.6. The van der Waals surface area contributed by atoms with Crippen molar-refractivity contribution in [3.63, 3.8) is 0 Å². The van der Waals surface area contributed by atoms with Gasteiger partial charge in [-0.15, -0.1) is 0 Å². The second-order valence-electron chi connectivity index (χ2n) is 3.49. The molecule has 7 nitrogen and oxygen atoms in total. The van der Waals surface area contributed by atoms with Gasteiger partial charge in [0.1, 0.15) is 0 Å². The summed E-state index contributed by atoms with van der Waals surface area (Å²) in [4.78, 5) is 32.3. The zero-order valence-corrected chi connectivity index (χ0v) is 10.2. The summed E-state index contributed by atoms with van der Waals surface area (Å²) in [6.07, 6.45) is 2.22. The van der Waals surface area contributed by atoms with Crippen LogP contribution in [0.4, 0.5) is 5.69 Å². The number of rotatable bonds is 5. The Kier molecular flexibility index (Phi) is 4.76. The smallest absolute Gasteiger partial charge is 0.338 e. The minimum Gasteiger partial charge on any atom is -0.462 e. The van der Waals surface area contributed by atoms with Crippen molar-refractivity contribution in [2.75, 3.05) is 6.61 Å². The van der Waals surface area contributed by atoms with Crippen LogP contribution in [-0.4, -0.2) is 23.4 Å². The fourth-order valence-corrected chi connectivity index (χ4v) is 1.36. The largest absolute Gasteiger partial charge is 0.462 e. The fraction of sp³-hybridized carbons (Fsp3) is 0.167. The Balaban J connectivity index is 3.18. The Labute approximate surface area is 108 Å². The highest BCUT2D eigenvalue weighted by molar-refractivity contribution is 5.93. The summed E-state index contributed by atoms with van der Waals surface area (Å²) >= 11 is 0. The Hall–Kier alpha value is -2.70. The first kappa shape index (κ1) is 14.4. The van der Waals surface area contributed by atoms with Gasteiger partial charge in [0.25, 0.3) is 5.69 Å². The van der Waals surface area contributed by atoms with Crippen LogP contribution in [0.2, 0.25) is 0 Å². The van der Waals surface area contributed by atoms with Gasteiger partial charge < -0.3 is 10.5 Å². The topological polar surface area (TPSA) is 113 Å². The maximum Gasteiger partial charge on any atom is 0.338 e. The van der Waals surface area contributed by atoms with Gasteiger partial charge in [-0.05, 0) is 25.1 Å². The average molecular weight is 264 g/mol. The molecule has 1 aromatic rings. The Bertz CT molecular complexity index is 551. The Morgan fingerprint density at radius 2 is 2.16 bits per heavy atom. The van der Waals surface area contributed by atoms with Crippen molar-refractivity contribution in [1.82, 2.24) is 0 Å². The number of carbonyl (C=O) groups is 2. The molecular formula is C12H12N2O5. The predicted octanol–water partition coefficient (Wildman–Crippen LogP) is 1.27. The molecule has 0 spiro atoms. The number of benzene rings is 1. The first-order valence-electron chi connectivity index (χ1n) is 5.38. The number of hydrogen-bond acceptors (Lipinski definition) is 5. The molecule has 1 aromatic carbocycles. The lowest BCUT2D eigenvalue weighted by atomic mass is 10.1. The third-order valence-corrected chi connectivity index (χ3v) is 2.17. The van der Waals surface area contributed by atoms with Gasteiger partial charge in [0.2, 0.25) is 5.91 Å². The fourth-order valence-electron chi connectivity index (χ4n) is 1.36. The van der Waals surface area contributed by atoms with Crippen molar-refractivity contribution in [3.8, 4) is 0 Å². The number of ether oxygens (including phenoxy) is 1. The standard InChI is InChI=1S/C12H12N2O5/c1-2-19-12(16)9-4-3-8(5-6-11(13)15)10(7-9)14(17)18/h3-7H,2H2,1H3,(H2,13,15). The van der Waals surface area contributed by atoms with Crippen molar-refractivity contribution in [1.29, 1.82) is 0 Å². The molecule has 0 atom stereocenters. The molecule has 0 aliphatic rings. The third-order valence-electron chi connectivity index (χ3n) is 2.17. The van der Waals surface area contributed by atoms with Crippen molar-refractivity contribution in [2.45, 2.75) is 6.92 Å². The van der Waals surface area contributed by atoms with Gasteiger partial charge >= 0.3 is 5.97 Å². The van der Waals surface area contributed by atoms with Gasteiger partial charge in [0.05, 0.1) is 22.7 Å². The van der Waals surface area contributed by atoms with Gasteiger partial charge in [-0.2, -0.15) is 0 Å². The summed E-state index contributed by atoms with van der Waals surface area (Å²) in [5.41, 5.74) is 4.86. The first-order valence-corrected chi connectivity index (χ1v) is 5.38. The van der Waals surface area contributed by atoms with E-state index in [0.717, 1.165) is 12.1 Å². The molecule has 0 bridgehead atoms. The second-order valence-corrected chi connectivity index (χ2v) is 3.49. The second kappa shape index (κ2) is 6.29. The van der Waals surface area contributed by atoms with Crippen LogP contribution >= 0.6 is 0 Å². The Morgan fingerprint density at radius 1 is 1.47 bits per heavy atom. The van der Waals surface area contributed by atoms with E-state index in [0.29, 0.717) is 0 Å². The molecule has 0 unspecified atom stereocenters. The molecule has 100 valence electrons. The van der Waals surface area contributed by atoms with Gasteiger partial charge in [-0.1, -0.05) is 0 Å². The number of nitro groups is 1. The third kappa shape index (κ3) is 3.91. The lowest BCUT2D eigenvalue weighted by Crippen LogP contribution is -2.06. The zero-order chi connectivity index (χ0) is 14.4. The molecule has 0 aliphatic heterocycles. The number of nitro benzene ring substituents is 1. The lowest BCUT2D eigenvalue weighted by molar-refractivity contribution is -0.385. The summed E-state index contributed by atoms with van der Waals surface area (Å²) in [6, 6.07) is 3.83. The molecular weight excluding hydrogens is 252 g/mol. The highest BCUT2D eigenvalue weighted by Gasteiger charge is 2.16. The maximum absolute atomic E-state index is 11.5. The number of carbonyl (C=O) groups excluding carboxylic acids is 2. The predicted molar refractivity (Wildman–Crippen MR) is 67.3 cm³/mol. The van der Waals surface area contributed by atoms with E-state index in [-0.39, 0.29) is 23.4 Å². The van der Waals surface area contributed by atoms with Crippen molar-refractivity contribution in [3.05, 3.63) is 45.5 Å². The van der Waals surface area contributed by atoms with Crippen LogP contribution in [0.25, 0.3) is 6.08 Å². The van der Waals surface area contributed by atoms with Crippen molar-refractivity contribution < 1.29 is 19.2 Å². The Morgan fingerprint density at radius 3 is 2.68 bits per heavy atom. The summed E-state index contributed by atoms with van der Waals surface area (Å²) in [5, 5.41) is 10.9. The van der Waals surface area contributed by atoms with Gasteiger partial charge in [0.15, 0.2) is 0 Å².